The van der Waals surface area contributed by atoms with Crippen LogP contribution >= 0.6 is 11.6 Å². The monoisotopic (exact) mass is 362 g/mol. The second kappa shape index (κ2) is 6.50. The summed E-state index contributed by atoms with van der Waals surface area (Å²) >= 11 is 5.75. The smallest absolute Gasteiger partial charge is 0.359 e. The highest BCUT2D eigenvalue weighted by Crippen LogP contribution is 2.27. The van der Waals surface area contributed by atoms with Gasteiger partial charge in [0.2, 0.25) is 0 Å². The molecule has 1 fully saturated rings. The number of hydrogen-bond acceptors (Lipinski definition) is 4. The van der Waals surface area contributed by atoms with E-state index in [2.05, 4.69) is 4.79 Å². The van der Waals surface area contributed by atoms with Crippen molar-refractivity contribution in [2.45, 2.75) is 42.2 Å². The fraction of sp³-hybridized carbons (Fsp3) is 0.462. The van der Waals surface area contributed by atoms with Crippen LogP contribution in [0.5, 0.6) is 0 Å². The number of halogens is 1. The van der Waals surface area contributed by atoms with Gasteiger partial charge < -0.3 is 5.53 Å². The summed E-state index contributed by atoms with van der Waals surface area (Å²) < 4.78 is 48.8. The Morgan fingerprint density at radius 2 is 1.77 bits per heavy atom. The van der Waals surface area contributed by atoms with Crippen LogP contribution in [0.3, 0.4) is 0 Å². The normalized spacial score (nSPS) is 17.0. The average Bonchev–Trinajstić information content (AvgIpc) is 2.48. The molecule has 22 heavy (non-hydrogen) atoms. The van der Waals surface area contributed by atoms with Gasteiger partial charge in [-0.15, -0.1) is 4.79 Å². The van der Waals surface area contributed by atoms with Gasteiger partial charge in [0.1, 0.15) is 0 Å². The van der Waals surface area contributed by atoms with Crippen molar-refractivity contribution < 1.29 is 21.6 Å². The van der Waals surface area contributed by atoms with Crippen LogP contribution in [0.1, 0.15) is 32.1 Å². The van der Waals surface area contributed by atoms with E-state index in [-0.39, 0.29) is 9.92 Å². The molecule has 0 N–H and O–H groups in total. The zero-order valence-corrected chi connectivity index (χ0v) is 14.0. The molecule has 2 rings (SSSR count). The molecule has 1 aromatic rings. The van der Waals surface area contributed by atoms with Crippen LogP contribution in [-0.2, 0) is 19.7 Å². The maximum Gasteiger partial charge on any atom is 0.499 e. The highest BCUT2D eigenvalue weighted by Gasteiger charge is 2.47. The van der Waals surface area contributed by atoms with E-state index < -0.39 is 29.3 Å². The van der Waals surface area contributed by atoms with Gasteiger partial charge in [-0.05, 0) is 31.0 Å². The largest absolute Gasteiger partial charge is 0.499 e. The minimum atomic E-state index is -4.45. The molecule has 0 aliphatic heterocycles. The molecular weight excluding hydrogens is 348 g/mol. The number of benzene rings is 1. The van der Waals surface area contributed by atoms with Gasteiger partial charge in [-0.3, -0.25) is 0 Å². The zero-order chi connectivity index (χ0) is 16.4. The van der Waals surface area contributed by atoms with Crippen molar-refractivity contribution in [3.05, 3.63) is 34.8 Å². The average molecular weight is 363 g/mol. The third-order valence-electron chi connectivity index (χ3n) is 3.65. The van der Waals surface area contributed by atoms with Crippen molar-refractivity contribution in [1.29, 1.82) is 0 Å². The number of hydrogen-bond donors (Lipinski definition) is 0. The third kappa shape index (κ3) is 3.25. The van der Waals surface area contributed by atoms with Crippen molar-refractivity contribution in [3.63, 3.8) is 0 Å². The van der Waals surface area contributed by atoms with Crippen molar-refractivity contribution >= 4 is 35.7 Å². The predicted octanol–water partition coefficient (Wildman–Crippen LogP) is 2.45. The molecule has 1 aliphatic carbocycles. The Kier molecular flexibility index (Phi) is 5.07. The van der Waals surface area contributed by atoms with Crippen molar-refractivity contribution in [3.8, 4) is 0 Å². The molecule has 1 saturated carbocycles. The van der Waals surface area contributed by atoms with Gasteiger partial charge in [0.25, 0.3) is 19.7 Å². The van der Waals surface area contributed by atoms with Crippen LogP contribution in [0.4, 0.5) is 0 Å². The molecule has 0 heterocycles. The molecule has 0 atom stereocenters. The van der Waals surface area contributed by atoms with Gasteiger partial charge in [-0.2, -0.15) is 0 Å². The van der Waals surface area contributed by atoms with E-state index in [0.29, 0.717) is 25.7 Å². The lowest BCUT2D eigenvalue weighted by Crippen LogP contribution is -2.35. The number of nitrogens with zero attached hydrogens (tertiary/aromatic N) is 2. The van der Waals surface area contributed by atoms with Gasteiger partial charge in [0.15, 0.2) is 0 Å². The Morgan fingerprint density at radius 3 is 2.32 bits per heavy atom. The summed E-state index contributed by atoms with van der Waals surface area (Å²) in [5.74, 6) is 0. The van der Waals surface area contributed by atoms with Gasteiger partial charge in [0.05, 0.1) is 10.1 Å². The molecule has 0 saturated heterocycles. The highest BCUT2D eigenvalue weighted by atomic mass is 35.5. The molecule has 0 bridgehead atoms. The summed E-state index contributed by atoms with van der Waals surface area (Å²) in [6.07, 6.45) is 3.07. The molecule has 1 aliphatic rings. The topological polar surface area (TPSA) is 105 Å². The lowest BCUT2D eigenvalue weighted by Gasteiger charge is -2.19. The third-order valence-corrected chi connectivity index (χ3v) is 8.58. The molecule has 0 radical (unpaired) electrons. The van der Waals surface area contributed by atoms with E-state index >= 15 is 0 Å². The first kappa shape index (κ1) is 17.1. The molecule has 0 amide bonds. The summed E-state index contributed by atoms with van der Waals surface area (Å²) in [6, 6.07) is 5.19. The van der Waals surface area contributed by atoms with E-state index in [0.717, 1.165) is 12.5 Å². The Labute approximate surface area is 134 Å². The molecule has 120 valence electrons. The van der Waals surface area contributed by atoms with E-state index in [1.54, 1.807) is 0 Å². The standard InChI is InChI=1S/C13H15ClN2O4S2/c14-10-5-4-8-12(9-10)22(19,20)13(16-15)21(17,18)11-6-2-1-3-7-11/h4-5,8-9,11H,1-3,6-7H2. The summed E-state index contributed by atoms with van der Waals surface area (Å²) in [4.78, 5) is 2.30. The quantitative estimate of drug-likeness (QED) is 0.348. The Balaban J connectivity index is 2.50. The fourth-order valence-corrected chi connectivity index (χ4v) is 6.89. The van der Waals surface area contributed by atoms with Crippen molar-refractivity contribution in [1.82, 2.24) is 0 Å². The summed E-state index contributed by atoms with van der Waals surface area (Å²) in [7, 11) is -8.68. The van der Waals surface area contributed by atoms with Crippen LogP contribution < -0.4 is 0 Å². The van der Waals surface area contributed by atoms with E-state index in [9.17, 15) is 16.8 Å². The lowest BCUT2D eigenvalue weighted by molar-refractivity contribution is 0.00370. The molecule has 9 heteroatoms. The second-order valence-electron chi connectivity index (χ2n) is 5.13. The van der Waals surface area contributed by atoms with E-state index in [4.69, 9.17) is 17.1 Å². The first-order valence-electron chi connectivity index (χ1n) is 6.77. The van der Waals surface area contributed by atoms with E-state index in [1.165, 1.54) is 18.2 Å². The highest BCUT2D eigenvalue weighted by molar-refractivity contribution is 8.31. The van der Waals surface area contributed by atoms with Gasteiger partial charge in [-0.1, -0.05) is 36.9 Å². The van der Waals surface area contributed by atoms with Crippen LogP contribution in [0.2, 0.25) is 5.02 Å². The van der Waals surface area contributed by atoms with E-state index in [1.807, 2.05) is 0 Å². The van der Waals surface area contributed by atoms with Gasteiger partial charge in [-0.25, -0.2) is 16.8 Å². The lowest BCUT2D eigenvalue weighted by atomic mass is 10.0. The van der Waals surface area contributed by atoms with Crippen molar-refractivity contribution in [2.24, 2.45) is 0 Å². The number of sulfone groups is 2. The molecular formula is C13H15ClN2O4S2. The van der Waals surface area contributed by atoms with Crippen LogP contribution in [0.25, 0.3) is 5.53 Å². The molecule has 0 aromatic heterocycles. The minimum Gasteiger partial charge on any atom is -0.359 e. The first-order chi connectivity index (χ1) is 10.3. The predicted molar refractivity (Wildman–Crippen MR) is 83.1 cm³/mol. The summed E-state index contributed by atoms with van der Waals surface area (Å²) in [6.45, 7) is 0. The molecule has 0 spiro atoms. The molecule has 6 nitrogen and oxygen atoms in total. The van der Waals surface area contributed by atoms with Gasteiger partial charge in [0, 0.05) is 5.02 Å². The first-order valence-corrected chi connectivity index (χ1v) is 10.2. The summed E-state index contributed by atoms with van der Waals surface area (Å²) in [5.41, 5.74) is 9.06. The fourth-order valence-electron chi connectivity index (χ4n) is 2.52. The van der Waals surface area contributed by atoms with Crippen molar-refractivity contribution in [2.75, 3.05) is 0 Å². The number of rotatable bonds is 2. The molecule has 1 aromatic carbocycles. The van der Waals surface area contributed by atoms with Gasteiger partial charge >= 0.3 is 4.38 Å². The zero-order valence-electron chi connectivity index (χ0n) is 11.6. The Hall–Kier alpha value is -1.21. The van der Waals surface area contributed by atoms with Crippen LogP contribution in [0.15, 0.2) is 29.2 Å². The minimum absolute atomic E-state index is 0.147. The Bertz CT molecular complexity index is 821. The second-order valence-corrected chi connectivity index (χ2v) is 9.83. The maximum atomic E-state index is 12.5. The summed E-state index contributed by atoms with van der Waals surface area (Å²) in [5, 5.41) is -0.686. The van der Waals surface area contributed by atoms with Crippen LogP contribution in [0, 0.1) is 0 Å². The SMILES string of the molecule is [N-]=[N+]=C(S(=O)(=O)c1cccc(Cl)c1)S(=O)(=O)C1CCCCC1. The maximum absolute atomic E-state index is 12.5. The molecule has 0 unspecified atom stereocenters. The van der Waals surface area contributed by atoms with Crippen LogP contribution in [-0.4, -0.2) is 31.3 Å². The Morgan fingerprint density at radius 1 is 1.14 bits per heavy atom.